The van der Waals surface area contributed by atoms with Gasteiger partial charge in [-0.1, -0.05) is 50.1 Å². The minimum Gasteiger partial charge on any atom is -0.290 e. The molecule has 5 nitrogen and oxygen atoms in total. The van der Waals surface area contributed by atoms with Crippen LogP contribution < -0.4 is 0 Å². The Balaban J connectivity index is 1.69. The Labute approximate surface area is 144 Å². The number of hydrogen-bond donors (Lipinski definition) is 0. The summed E-state index contributed by atoms with van der Waals surface area (Å²) in [4.78, 5) is 2.58. The van der Waals surface area contributed by atoms with E-state index in [0.717, 1.165) is 24.8 Å². The van der Waals surface area contributed by atoms with Crippen LogP contribution in [0.15, 0.2) is 30.3 Å². The number of hydrogen-bond acceptors (Lipinski definition) is 4. The number of benzene rings is 1. The highest BCUT2D eigenvalue weighted by Crippen LogP contribution is 2.35. The predicted octanol–water partition coefficient (Wildman–Crippen LogP) is 3.61. The van der Waals surface area contributed by atoms with Crippen LogP contribution in [0.3, 0.4) is 0 Å². The van der Waals surface area contributed by atoms with Crippen LogP contribution in [0.1, 0.15) is 68.9 Å². The third kappa shape index (κ3) is 3.09. The molecule has 1 aromatic heterocycles. The third-order valence-corrected chi connectivity index (χ3v) is 5.73. The summed E-state index contributed by atoms with van der Waals surface area (Å²) in [5, 5.41) is 12.9. The molecule has 1 aromatic carbocycles. The zero-order chi connectivity index (χ0) is 16.4. The van der Waals surface area contributed by atoms with Gasteiger partial charge in [0.1, 0.15) is 0 Å². The molecule has 1 saturated heterocycles. The molecule has 0 bridgehead atoms. The van der Waals surface area contributed by atoms with Gasteiger partial charge in [-0.25, -0.2) is 4.68 Å². The van der Waals surface area contributed by atoms with Gasteiger partial charge in [-0.05, 0) is 60.7 Å². The highest BCUT2D eigenvalue weighted by Gasteiger charge is 2.32. The lowest BCUT2D eigenvalue weighted by molar-refractivity contribution is 0.148. The summed E-state index contributed by atoms with van der Waals surface area (Å²) >= 11 is 0. The number of piperidine rings is 1. The highest BCUT2D eigenvalue weighted by molar-refractivity contribution is 5.25. The van der Waals surface area contributed by atoms with Crippen molar-refractivity contribution in [3.8, 4) is 0 Å². The van der Waals surface area contributed by atoms with Crippen molar-refractivity contribution in [3.05, 3.63) is 41.7 Å². The normalized spacial score (nSPS) is 22.0. The molecule has 0 N–H and O–H groups in total. The van der Waals surface area contributed by atoms with Crippen molar-refractivity contribution >= 4 is 0 Å². The fourth-order valence-corrected chi connectivity index (χ4v) is 4.23. The van der Waals surface area contributed by atoms with Gasteiger partial charge in [-0.3, -0.25) is 4.90 Å². The van der Waals surface area contributed by atoms with Gasteiger partial charge < -0.3 is 0 Å². The predicted molar refractivity (Wildman–Crippen MR) is 93.6 cm³/mol. The number of aromatic nitrogens is 4. The Morgan fingerprint density at radius 2 is 1.71 bits per heavy atom. The molecule has 2 aromatic rings. The second-order valence-corrected chi connectivity index (χ2v) is 7.45. The average Bonchev–Trinajstić information content (AvgIpc) is 3.29. The SMILES string of the molecule is CC1CCN(C(c2ccccc2)c2nnnn2C2CCCC2)CC1. The molecule has 0 radical (unpaired) electrons. The van der Waals surface area contributed by atoms with Crippen LogP contribution in [0.2, 0.25) is 0 Å². The maximum absolute atomic E-state index is 4.49. The Kier molecular flexibility index (Phi) is 4.60. The average molecular weight is 325 g/mol. The summed E-state index contributed by atoms with van der Waals surface area (Å²) in [6, 6.07) is 11.4. The lowest BCUT2D eigenvalue weighted by Gasteiger charge is -2.36. The molecular weight excluding hydrogens is 298 g/mol. The summed E-state index contributed by atoms with van der Waals surface area (Å²) in [7, 11) is 0. The molecule has 1 saturated carbocycles. The van der Waals surface area contributed by atoms with E-state index in [0.29, 0.717) is 6.04 Å². The summed E-state index contributed by atoms with van der Waals surface area (Å²) in [5.74, 6) is 1.85. The van der Waals surface area contributed by atoms with Crippen LogP contribution in [0.5, 0.6) is 0 Å². The van der Waals surface area contributed by atoms with Crippen molar-refractivity contribution in [2.24, 2.45) is 5.92 Å². The van der Waals surface area contributed by atoms with Gasteiger partial charge in [-0.15, -0.1) is 5.10 Å². The van der Waals surface area contributed by atoms with E-state index in [4.69, 9.17) is 0 Å². The highest BCUT2D eigenvalue weighted by atomic mass is 15.6. The van der Waals surface area contributed by atoms with Crippen molar-refractivity contribution in [2.75, 3.05) is 13.1 Å². The van der Waals surface area contributed by atoms with Crippen LogP contribution >= 0.6 is 0 Å². The van der Waals surface area contributed by atoms with Crippen molar-refractivity contribution in [2.45, 2.75) is 57.5 Å². The first-order valence-electron chi connectivity index (χ1n) is 9.39. The lowest BCUT2D eigenvalue weighted by Crippen LogP contribution is -2.38. The standard InChI is InChI=1S/C19H27N5/c1-15-11-13-23(14-12-15)18(16-7-3-2-4-8-16)19-20-21-22-24(19)17-9-5-6-10-17/h2-4,7-8,15,17-18H,5-6,9-14H2,1H3. The number of rotatable bonds is 4. The molecule has 2 heterocycles. The van der Waals surface area contributed by atoms with Crippen molar-refractivity contribution in [3.63, 3.8) is 0 Å². The van der Waals surface area contributed by atoms with Crippen LogP contribution in [-0.4, -0.2) is 38.2 Å². The van der Waals surface area contributed by atoms with Crippen LogP contribution in [-0.2, 0) is 0 Å². The fourth-order valence-electron chi connectivity index (χ4n) is 4.23. The fraction of sp³-hybridized carbons (Fsp3) is 0.632. The van der Waals surface area contributed by atoms with Gasteiger partial charge in [0.05, 0.1) is 12.1 Å². The van der Waals surface area contributed by atoms with Gasteiger partial charge in [0.25, 0.3) is 0 Å². The summed E-state index contributed by atoms with van der Waals surface area (Å²) in [6.45, 7) is 4.61. The van der Waals surface area contributed by atoms with E-state index < -0.39 is 0 Å². The number of nitrogens with zero attached hydrogens (tertiary/aromatic N) is 5. The van der Waals surface area contributed by atoms with Crippen molar-refractivity contribution < 1.29 is 0 Å². The molecule has 2 aliphatic rings. The van der Waals surface area contributed by atoms with E-state index in [2.05, 4.69) is 62.4 Å². The quantitative estimate of drug-likeness (QED) is 0.861. The van der Waals surface area contributed by atoms with Crippen LogP contribution in [0.4, 0.5) is 0 Å². The van der Waals surface area contributed by atoms with E-state index >= 15 is 0 Å². The minimum atomic E-state index is 0.175. The van der Waals surface area contributed by atoms with E-state index in [1.807, 2.05) is 0 Å². The Bertz CT molecular complexity index is 639. The molecular formula is C19H27N5. The molecule has 1 aliphatic carbocycles. The van der Waals surface area contributed by atoms with Crippen molar-refractivity contribution in [1.29, 1.82) is 0 Å². The molecule has 5 heteroatoms. The van der Waals surface area contributed by atoms with E-state index in [1.165, 1.54) is 44.1 Å². The van der Waals surface area contributed by atoms with E-state index in [1.54, 1.807) is 0 Å². The zero-order valence-corrected chi connectivity index (χ0v) is 14.5. The Morgan fingerprint density at radius 3 is 2.42 bits per heavy atom. The maximum Gasteiger partial charge on any atom is 0.173 e. The number of likely N-dealkylation sites (tertiary alicyclic amines) is 1. The van der Waals surface area contributed by atoms with Gasteiger partial charge >= 0.3 is 0 Å². The first-order chi connectivity index (χ1) is 11.8. The van der Waals surface area contributed by atoms with Crippen LogP contribution in [0.25, 0.3) is 0 Å². The summed E-state index contributed by atoms with van der Waals surface area (Å²) < 4.78 is 2.13. The van der Waals surface area contributed by atoms with Crippen LogP contribution in [0, 0.1) is 5.92 Å². The van der Waals surface area contributed by atoms with Gasteiger partial charge in [0.2, 0.25) is 0 Å². The van der Waals surface area contributed by atoms with Gasteiger partial charge in [0, 0.05) is 0 Å². The minimum absolute atomic E-state index is 0.175. The molecule has 0 amide bonds. The molecule has 4 rings (SSSR count). The summed E-state index contributed by atoms with van der Waals surface area (Å²) in [6.07, 6.45) is 7.51. The maximum atomic E-state index is 4.49. The third-order valence-electron chi connectivity index (χ3n) is 5.73. The first kappa shape index (κ1) is 15.8. The largest absolute Gasteiger partial charge is 0.290 e. The molecule has 1 aliphatic heterocycles. The lowest BCUT2D eigenvalue weighted by atomic mass is 9.95. The zero-order valence-electron chi connectivity index (χ0n) is 14.5. The molecule has 1 atom stereocenters. The van der Waals surface area contributed by atoms with Gasteiger partial charge in [-0.2, -0.15) is 0 Å². The molecule has 24 heavy (non-hydrogen) atoms. The second kappa shape index (κ2) is 7.01. The monoisotopic (exact) mass is 325 g/mol. The molecule has 2 fully saturated rings. The van der Waals surface area contributed by atoms with E-state index in [-0.39, 0.29) is 6.04 Å². The summed E-state index contributed by atoms with van der Waals surface area (Å²) in [5.41, 5.74) is 1.31. The van der Waals surface area contributed by atoms with Crippen molar-refractivity contribution in [1.82, 2.24) is 25.1 Å². The molecule has 0 spiro atoms. The second-order valence-electron chi connectivity index (χ2n) is 7.45. The molecule has 128 valence electrons. The number of tetrazole rings is 1. The smallest absolute Gasteiger partial charge is 0.173 e. The Hall–Kier alpha value is -1.75. The van der Waals surface area contributed by atoms with E-state index in [9.17, 15) is 0 Å². The first-order valence-corrected chi connectivity index (χ1v) is 9.39. The Morgan fingerprint density at radius 1 is 1.00 bits per heavy atom. The molecule has 1 unspecified atom stereocenters. The topological polar surface area (TPSA) is 46.8 Å². The van der Waals surface area contributed by atoms with Gasteiger partial charge in [0.15, 0.2) is 5.82 Å².